The number of rotatable bonds is 3. The number of hydrogen-bond donors (Lipinski definition) is 1. The van der Waals surface area contributed by atoms with E-state index in [0.29, 0.717) is 5.70 Å². The largest absolute Gasteiger partial charge is 0.469 e. The minimum Gasteiger partial charge on any atom is -0.469 e. The molecule has 1 aliphatic rings. The van der Waals surface area contributed by atoms with Crippen LogP contribution in [0, 0.1) is 5.92 Å². The summed E-state index contributed by atoms with van der Waals surface area (Å²) < 4.78 is 50.2. The van der Waals surface area contributed by atoms with Gasteiger partial charge in [0.25, 0.3) is 0 Å². The van der Waals surface area contributed by atoms with Crippen LogP contribution in [0.1, 0.15) is 30.9 Å². The fourth-order valence-electron chi connectivity index (χ4n) is 3.45. The summed E-state index contributed by atoms with van der Waals surface area (Å²) in [4.78, 5) is 24.7. The predicted molar refractivity (Wildman–Crippen MR) is 87.0 cm³/mol. The summed E-state index contributed by atoms with van der Waals surface area (Å²) in [6.45, 7) is 3.22. The number of carbonyl (C=O) groups is 2. The van der Waals surface area contributed by atoms with E-state index in [-0.39, 0.29) is 11.1 Å². The van der Waals surface area contributed by atoms with Gasteiger partial charge in [0.1, 0.15) is 0 Å². The van der Waals surface area contributed by atoms with Crippen LogP contribution >= 0.6 is 0 Å². The normalized spacial score (nSPS) is 23.3. The monoisotopic (exact) mass is 371 g/mol. The zero-order valence-electron chi connectivity index (χ0n) is 14.8. The second-order valence-corrected chi connectivity index (χ2v) is 6.07. The Labute approximate surface area is 149 Å². The molecule has 3 atom stereocenters. The van der Waals surface area contributed by atoms with Gasteiger partial charge < -0.3 is 14.8 Å². The minimum atomic E-state index is -4.64. The van der Waals surface area contributed by atoms with E-state index in [4.69, 9.17) is 9.47 Å². The quantitative estimate of drug-likeness (QED) is 0.828. The van der Waals surface area contributed by atoms with Crippen LogP contribution in [0.3, 0.4) is 0 Å². The molecule has 1 aromatic rings. The van der Waals surface area contributed by atoms with Crippen LogP contribution in [0.5, 0.6) is 0 Å². The summed E-state index contributed by atoms with van der Waals surface area (Å²) in [5, 5.41) is 2.96. The van der Waals surface area contributed by atoms with Gasteiger partial charge in [0, 0.05) is 17.7 Å². The molecular weight excluding hydrogens is 351 g/mol. The number of benzene rings is 1. The van der Waals surface area contributed by atoms with E-state index < -0.39 is 41.6 Å². The second kappa shape index (κ2) is 7.39. The number of alkyl halides is 3. The van der Waals surface area contributed by atoms with Crippen LogP contribution in [0.4, 0.5) is 13.2 Å². The van der Waals surface area contributed by atoms with Gasteiger partial charge >= 0.3 is 18.1 Å². The zero-order chi connectivity index (χ0) is 19.6. The van der Waals surface area contributed by atoms with Crippen LogP contribution in [-0.2, 0) is 25.2 Å². The van der Waals surface area contributed by atoms with Crippen molar-refractivity contribution in [2.75, 3.05) is 14.2 Å². The molecule has 1 heterocycles. The van der Waals surface area contributed by atoms with Crippen LogP contribution in [0.2, 0.25) is 0 Å². The van der Waals surface area contributed by atoms with Crippen LogP contribution < -0.4 is 5.32 Å². The van der Waals surface area contributed by atoms with Crippen LogP contribution in [0.15, 0.2) is 35.5 Å². The minimum absolute atomic E-state index is 0.0160. The number of methoxy groups -OCH3 is 2. The van der Waals surface area contributed by atoms with Crippen molar-refractivity contribution in [1.29, 1.82) is 0 Å². The maximum Gasteiger partial charge on any atom is 0.416 e. The van der Waals surface area contributed by atoms with E-state index in [1.54, 1.807) is 13.8 Å². The van der Waals surface area contributed by atoms with E-state index in [2.05, 4.69) is 5.32 Å². The first-order chi connectivity index (χ1) is 12.1. The van der Waals surface area contributed by atoms with E-state index in [1.807, 2.05) is 0 Å². The highest BCUT2D eigenvalue weighted by molar-refractivity contribution is 5.93. The maximum absolute atomic E-state index is 13.6. The lowest BCUT2D eigenvalue weighted by molar-refractivity contribution is -0.149. The summed E-state index contributed by atoms with van der Waals surface area (Å²) in [6, 6.07) is 4.37. The molecule has 0 saturated carbocycles. The fourth-order valence-corrected chi connectivity index (χ4v) is 3.45. The molecule has 1 N–H and O–H groups in total. The fraction of sp³-hybridized carbons (Fsp3) is 0.444. The van der Waals surface area contributed by atoms with Crippen molar-refractivity contribution < 1.29 is 32.2 Å². The van der Waals surface area contributed by atoms with Gasteiger partial charge in [0.2, 0.25) is 0 Å². The number of esters is 2. The molecule has 1 aromatic carbocycles. The Kier molecular flexibility index (Phi) is 5.63. The average molecular weight is 371 g/mol. The molecule has 8 heteroatoms. The van der Waals surface area contributed by atoms with Gasteiger partial charge in [-0.25, -0.2) is 4.79 Å². The third kappa shape index (κ3) is 3.54. The second-order valence-electron chi connectivity index (χ2n) is 6.07. The molecular formula is C18H20F3NO4. The van der Waals surface area contributed by atoms with E-state index in [9.17, 15) is 22.8 Å². The molecule has 0 amide bonds. The summed E-state index contributed by atoms with van der Waals surface area (Å²) in [6.07, 6.45) is -4.64. The van der Waals surface area contributed by atoms with Gasteiger partial charge in [0.05, 0.1) is 31.3 Å². The molecule has 1 aliphatic heterocycles. The van der Waals surface area contributed by atoms with Crippen molar-refractivity contribution in [3.05, 3.63) is 46.7 Å². The van der Waals surface area contributed by atoms with E-state index >= 15 is 0 Å². The van der Waals surface area contributed by atoms with Crippen LogP contribution in [0.25, 0.3) is 0 Å². The number of nitrogens with one attached hydrogen (secondary N) is 1. The Morgan fingerprint density at radius 1 is 1.12 bits per heavy atom. The van der Waals surface area contributed by atoms with Gasteiger partial charge in [-0.15, -0.1) is 0 Å². The predicted octanol–water partition coefficient (Wildman–Crippen LogP) is 3.02. The van der Waals surface area contributed by atoms with Crippen molar-refractivity contribution in [3.8, 4) is 0 Å². The van der Waals surface area contributed by atoms with Crippen LogP contribution in [-0.4, -0.2) is 32.2 Å². The molecule has 0 spiro atoms. The third-order valence-electron chi connectivity index (χ3n) is 4.54. The molecule has 2 rings (SSSR count). The van der Waals surface area contributed by atoms with E-state index in [0.717, 1.165) is 20.3 Å². The molecule has 26 heavy (non-hydrogen) atoms. The lowest BCUT2D eigenvalue weighted by Gasteiger charge is -2.38. The summed E-state index contributed by atoms with van der Waals surface area (Å²) in [5.74, 6) is -3.68. The Bertz CT molecular complexity index is 742. The number of hydrogen-bond acceptors (Lipinski definition) is 5. The Hall–Kier alpha value is -2.51. The van der Waals surface area contributed by atoms with Gasteiger partial charge in [-0.05, 0) is 25.5 Å². The summed E-state index contributed by atoms with van der Waals surface area (Å²) >= 11 is 0. The Balaban J connectivity index is 2.78. The highest BCUT2D eigenvalue weighted by Crippen LogP contribution is 2.44. The number of allylic oxidation sites excluding steroid dienone is 1. The molecule has 0 radical (unpaired) electrons. The van der Waals surface area contributed by atoms with Gasteiger partial charge in [0.15, 0.2) is 0 Å². The molecule has 0 saturated heterocycles. The average Bonchev–Trinajstić information content (AvgIpc) is 2.59. The molecule has 142 valence electrons. The number of carbonyl (C=O) groups excluding carboxylic acids is 2. The molecule has 0 aromatic heterocycles. The zero-order valence-corrected chi connectivity index (χ0v) is 14.8. The number of ether oxygens (including phenoxy) is 2. The first-order valence-electron chi connectivity index (χ1n) is 7.93. The van der Waals surface area contributed by atoms with Crippen molar-refractivity contribution in [2.45, 2.75) is 32.0 Å². The van der Waals surface area contributed by atoms with Gasteiger partial charge in [-0.1, -0.05) is 18.2 Å². The Morgan fingerprint density at radius 2 is 1.73 bits per heavy atom. The first-order valence-corrected chi connectivity index (χ1v) is 7.93. The first kappa shape index (κ1) is 19.8. The summed E-state index contributed by atoms with van der Waals surface area (Å²) in [7, 11) is 2.30. The smallest absolute Gasteiger partial charge is 0.416 e. The van der Waals surface area contributed by atoms with Gasteiger partial charge in [-0.2, -0.15) is 13.2 Å². The molecule has 3 unspecified atom stereocenters. The maximum atomic E-state index is 13.6. The van der Waals surface area contributed by atoms with Crippen molar-refractivity contribution in [1.82, 2.24) is 5.32 Å². The standard InChI is InChI=1S/C18H20F3NO4/c1-9-13(16(23)25-3)15(14(10(2)22-9)17(24)26-4)11-7-5-6-8-12(11)18(19,20)21/h5-9,13,15,22H,1-4H3. The lowest BCUT2D eigenvalue weighted by Crippen LogP contribution is -2.47. The number of halogens is 3. The molecule has 0 bridgehead atoms. The topological polar surface area (TPSA) is 64.6 Å². The van der Waals surface area contributed by atoms with Gasteiger partial charge in [-0.3, -0.25) is 4.79 Å². The van der Waals surface area contributed by atoms with Crippen molar-refractivity contribution in [2.24, 2.45) is 5.92 Å². The SMILES string of the molecule is COC(=O)C1=C(C)NC(C)C(C(=O)OC)C1c1ccccc1C(F)(F)F. The van der Waals surface area contributed by atoms with Crippen molar-refractivity contribution in [3.63, 3.8) is 0 Å². The van der Waals surface area contributed by atoms with E-state index in [1.165, 1.54) is 18.2 Å². The highest BCUT2D eigenvalue weighted by Gasteiger charge is 2.47. The Morgan fingerprint density at radius 3 is 2.27 bits per heavy atom. The molecule has 0 fully saturated rings. The molecule has 0 aliphatic carbocycles. The third-order valence-corrected chi connectivity index (χ3v) is 4.54. The highest BCUT2D eigenvalue weighted by atomic mass is 19.4. The van der Waals surface area contributed by atoms with Crippen molar-refractivity contribution >= 4 is 11.9 Å². The molecule has 5 nitrogen and oxygen atoms in total. The lowest BCUT2D eigenvalue weighted by atomic mass is 9.72. The summed E-state index contributed by atoms with van der Waals surface area (Å²) in [5.41, 5.74) is -0.713.